The molecule has 1 fully saturated rings. The highest BCUT2D eigenvalue weighted by Gasteiger charge is 2.23. The van der Waals surface area contributed by atoms with Crippen molar-refractivity contribution in [2.75, 3.05) is 26.7 Å². The Morgan fingerprint density at radius 1 is 1.33 bits per heavy atom. The lowest BCUT2D eigenvalue weighted by molar-refractivity contribution is 0.258. The lowest BCUT2D eigenvalue weighted by atomic mass is 10.0. The molecular weight excluding hydrogens is 224 g/mol. The van der Waals surface area contributed by atoms with Crippen LogP contribution in [0.5, 0.6) is 0 Å². The Bertz CT molecular complexity index is 546. The first-order valence-electron chi connectivity index (χ1n) is 6.65. The molecule has 1 aromatic carbocycles. The van der Waals surface area contributed by atoms with Crippen LogP contribution in [0.2, 0.25) is 0 Å². The number of hydrogen-bond acceptors (Lipinski definition) is 3. The van der Waals surface area contributed by atoms with E-state index in [1.165, 1.54) is 16.5 Å². The molecule has 0 aliphatic carbocycles. The predicted octanol–water partition coefficient (Wildman–Crippen LogP) is 2.71. The summed E-state index contributed by atoms with van der Waals surface area (Å²) in [4.78, 5) is 2.42. The molecule has 2 aromatic rings. The van der Waals surface area contributed by atoms with Crippen LogP contribution in [0.15, 0.2) is 28.9 Å². The average Bonchev–Trinajstić information content (AvgIpc) is 2.68. The van der Waals surface area contributed by atoms with Gasteiger partial charge in [-0.15, -0.1) is 0 Å². The van der Waals surface area contributed by atoms with Crippen molar-refractivity contribution >= 4 is 11.0 Å². The second-order valence-corrected chi connectivity index (χ2v) is 5.18. The molecule has 1 aliphatic rings. The summed E-state index contributed by atoms with van der Waals surface area (Å²) in [5.41, 5.74) is 3.59. The maximum atomic E-state index is 5.78. The molecular formula is C15H20N2O. The normalized spacial score (nSPS) is 22.2. The van der Waals surface area contributed by atoms with E-state index in [-0.39, 0.29) is 0 Å². The van der Waals surface area contributed by atoms with Crippen LogP contribution in [0.3, 0.4) is 0 Å². The summed E-state index contributed by atoms with van der Waals surface area (Å²) < 4.78 is 5.78. The topological polar surface area (TPSA) is 28.4 Å². The molecule has 3 rings (SSSR count). The van der Waals surface area contributed by atoms with Crippen molar-refractivity contribution in [2.45, 2.75) is 19.4 Å². The maximum Gasteiger partial charge on any atom is 0.137 e. The Morgan fingerprint density at radius 2 is 2.22 bits per heavy atom. The van der Waals surface area contributed by atoms with Crippen molar-refractivity contribution in [3.8, 4) is 0 Å². The molecule has 3 heteroatoms. The van der Waals surface area contributed by atoms with Crippen LogP contribution in [-0.2, 0) is 0 Å². The van der Waals surface area contributed by atoms with Crippen LogP contribution in [0, 0.1) is 6.92 Å². The molecule has 0 amide bonds. The highest BCUT2D eigenvalue weighted by Crippen LogP contribution is 2.33. The fourth-order valence-electron chi connectivity index (χ4n) is 2.87. The number of fused-ring (bicyclic) bond motifs is 1. The third-order valence-electron chi connectivity index (χ3n) is 3.95. The highest BCUT2D eigenvalue weighted by atomic mass is 16.3. The van der Waals surface area contributed by atoms with Gasteiger partial charge in [-0.2, -0.15) is 0 Å². The van der Waals surface area contributed by atoms with Crippen LogP contribution >= 0.6 is 0 Å². The van der Waals surface area contributed by atoms with E-state index in [1.54, 1.807) is 0 Å². The second-order valence-electron chi connectivity index (χ2n) is 5.18. The fraction of sp³-hybridized carbons (Fsp3) is 0.467. The summed E-state index contributed by atoms with van der Waals surface area (Å²) >= 11 is 0. The number of nitrogens with zero attached hydrogens (tertiary/aromatic N) is 1. The Kier molecular flexibility index (Phi) is 3.10. The molecule has 1 N–H and O–H groups in total. The van der Waals surface area contributed by atoms with Gasteiger partial charge in [-0.1, -0.05) is 18.2 Å². The zero-order chi connectivity index (χ0) is 12.5. The third-order valence-corrected chi connectivity index (χ3v) is 3.95. The van der Waals surface area contributed by atoms with Gasteiger partial charge in [0.2, 0.25) is 0 Å². The summed E-state index contributed by atoms with van der Waals surface area (Å²) in [5, 5.41) is 4.73. The smallest absolute Gasteiger partial charge is 0.137 e. The summed E-state index contributed by atoms with van der Waals surface area (Å²) in [5.74, 6) is 0. The zero-order valence-electron chi connectivity index (χ0n) is 11.1. The molecule has 0 bridgehead atoms. The van der Waals surface area contributed by atoms with Crippen LogP contribution in [-0.4, -0.2) is 31.6 Å². The van der Waals surface area contributed by atoms with Crippen LogP contribution in [0.4, 0.5) is 0 Å². The zero-order valence-corrected chi connectivity index (χ0v) is 11.1. The van der Waals surface area contributed by atoms with E-state index in [9.17, 15) is 0 Å². The Morgan fingerprint density at radius 3 is 3.11 bits per heavy atom. The van der Waals surface area contributed by atoms with Gasteiger partial charge in [-0.05, 0) is 32.5 Å². The van der Waals surface area contributed by atoms with E-state index in [4.69, 9.17) is 4.42 Å². The number of aryl methyl sites for hydroxylation is 1. The fourth-order valence-corrected chi connectivity index (χ4v) is 2.87. The van der Waals surface area contributed by atoms with Crippen LogP contribution in [0.25, 0.3) is 11.0 Å². The Hall–Kier alpha value is -1.32. The number of para-hydroxylation sites is 1. The highest BCUT2D eigenvalue weighted by molar-refractivity contribution is 5.84. The summed E-state index contributed by atoms with van der Waals surface area (Å²) in [6.45, 7) is 5.34. The van der Waals surface area contributed by atoms with Gasteiger partial charge in [-0.25, -0.2) is 0 Å². The van der Waals surface area contributed by atoms with Crippen molar-refractivity contribution in [3.63, 3.8) is 0 Å². The number of likely N-dealkylation sites (N-methyl/N-ethyl adjacent to an activating group) is 1. The van der Waals surface area contributed by atoms with Gasteiger partial charge in [0, 0.05) is 30.1 Å². The number of rotatable bonds is 1. The van der Waals surface area contributed by atoms with Gasteiger partial charge in [0.15, 0.2) is 0 Å². The predicted molar refractivity (Wildman–Crippen MR) is 73.8 cm³/mol. The van der Waals surface area contributed by atoms with Crippen LogP contribution in [0.1, 0.15) is 23.6 Å². The summed E-state index contributed by atoms with van der Waals surface area (Å²) in [6.07, 6.45) is 3.09. The van der Waals surface area contributed by atoms with Gasteiger partial charge in [0.25, 0.3) is 0 Å². The maximum absolute atomic E-state index is 5.78. The lowest BCUT2D eigenvalue weighted by Crippen LogP contribution is -2.26. The van der Waals surface area contributed by atoms with E-state index in [2.05, 4.69) is 42.4 Å². The third kappa shape index (κ3) is 1.93. The van der Waals surface area contributed by atoms with Crippen molar-refractivity contribution in [3.05, 3.63) is 35.6 Å². The molecule has 0 spiro atoms. The first-order chi connectivity index (χ1) is 8.77. The van der Waals surface area contributed by atoms with E-state index < -0.39 is 0 Å². The molecule has 18 heavy (non-hydrogen) atoms. The molecule has 1 aliphatic heterocycles. The van der Waals surface area contributed by atoms with Gasteiger partial charge in [0.1, 0.15) is 5.58 Å². The minimum absolute atomic E-state index is 0.461. The van der Waals surface area contributed by atoms with Gasteiger partial charge >= 0.3 is 0 Å². The van der Waals surface area contributed by atoms with E-state index >= 15 is 0 Å². The minimum Gasteiger partial charge on any atom is -0.464 e. The molecule has 3 nitrogen and oxygen atoms in total. The molecule has 1 saturated heterocycles. The average molecular weight is 244 g/mol. The lowest BCUT2D eigenvalue weighted by Gasteiger charge is -2.24. The Balaban J connectivity index is 2.05. The quantitative estimate of drug-likeness (QED) is 0.836. The molecule has 0 saturated carbocycles. The van der Waals surface area contributed by atoms with Crippen molar-refractivity contribution in [1.82, 2.24) is 10.2 Å². The van der Waals surface area contributed by atoms with Gasteiger partial charge in [-0.3, -0.25) is 4.90 Å². The molecule has 1 unspecified atom stereocenters. The molecule has 96 valence electrons. The van der Waals surface area contributed by atoms with Gasteiger partial charge in [0.05, 0.1) is 6.26 Å². The number of benzene rings is 1. The van der Waals surface area contributed by atoms with Crippen molar-refractivity contribution < 1.29 is 4.42 Å². The molecule has 1 atom stereocenters. The molecule has 0 radical (unpaired) electrons. The largest absolute Gasteiger partial charge is 0.464 e. The monoisotopic (exact) mass is 244 g/mol. The first kappa shape index (κ1) is 11.8. The number of nitrogens with one attached hydrogen (secondary N) is 1. The van der Waals surface area contributed by atoms with Crippen molar-refractivity contribution in [2.24, 2.45) is 0 Å². The van der Waals surface area contributed by atoms with Gasteiger partial charge < -0.3 is 9.73 Å². The number of furan rings is 1. The Labute approximate surface area is 108 Å². The first-order valence-corrected chi connectivity index (χ1v) is 6.65. The molecule has 1 aromatic heterocycles. The molecule has 2 heterocycles. The second kappa shape index (κ2) is 4.75. The van der Waals surface area contributed by atoms with Crippen LogP contribution < -0.4 is 5.32 Å². The summed E-state index contributed by atoms with van der Waals surface area (Å²) in [7, 11) is 2.20. The SMILES string of the molecule is Cc1cccc2c(C3CCNCCN3C)coc12. The minimum atomic E-state index is 0.461. The van der Waals surface area contributed by atoms with Crippen molar-refractivity contribution in [1.29, 1.82) is 0 Å². The van der Waals surface area contributed by atoms with E-state index in [0.29, 0.717) is 6.04 Å². The standard InChI is InChI=1S/C15H20N2O/c1-11-4-3-5-12-13(10-18-15(11)12)14-6-7-16-8-9-17(14)2/h3-5,10,14,16H,6-9H2,1-2H3. The van der Waals surface area contributed by atoms with E-state index in [0.717, 1.165) is 31.6 Å². The van der Waals surface area contributed by atoms with E-state index in [1.807, 2.05) is 6.26 Å². The number of hydrogen-bond donors (Lipinski definition) is 1. The summed E-state index contributed by atoms with van der Waals surface area (Å²) in [6, 6.07) is 6.86.